The van der Waals surface area contributed by atoms with Gasteiger partial charge < -0.3 is 5.11 Å². The Balaban J connectivity index is 1.60. The molecule has 1 saturated carbocycles. The first kappa shape index (κ1) is 11.7. The van der Waals surface area contributed by atoms with Crippen molar-refractivity contribution in [1.29, 1.82) is 0 Å². The summed E-state index contributed by atoms with van der Waals surface area (Å²) >= 11 is 0. The van der Waals surface area contributed by atoms with E-state index in [1.807, 2.05) is 0 Å². The van der Waals surface area contributed by atoms with Crippen molar-refractivity contribution in [2.45, 2.75) is 19.3 Å². The number of likely N-dealkylation sites (tertiary alicyclic amines) is 1. The lowest BCUT2D eigenvalue weighted by Gasteiger charge is -2.15. The van der Waals surface area contributed by atoms with Crippen LogP contribution in [0, 0.1) is 11.8 Å². The highest BCUT2D eigenvalue weighted by Gasteiger charge is 2.36. The van der Waals surface area contributed by atoms with Gasteiger partial charge in [-0.3, -0.25) is 9.69 Å². The van der Waals surface area contributed by atoms with Crippen LogP contribution in [0.5, 0.6) is 5.75 Å². The second-order valence-electron chi connectivity index (χ2n) is 5.47. The standard InChI is InChI=1S/C14H18N2O2/c17-12-4-5-13(15-6-12)14(18)9-16-7-10-2-1-3-11(10)8-16/h4-6,10-11,17H,1-3,7-9H2/t10-,11+. The first-order valence-electron chi connectivity index (χ1n) is 6.63. The number of Topliss-reactive ketones (excluding diaryl/α,β-unsaturated/α-hetero) is 1. The zero-order valence-electron chi connectivity index (χ0n) is 10.4. The van der Waals surface area contributed by atoms with Gasteiger partial charge in [0.05, 0.1) is 12.7 Å². The molecule has 0 aromatic carbocycles. The second-order valence-corrected chi connectivity index (χ2v) is 5.47. The summed E-state index contributed by atoms with van der Waals surface area (Å²) in [5.41, 5.74) is 0.449. The summed E-state index contributed by atoms with van der Waals surface area (Å²) in [4.78, 5) is 18.3. The number of aromatic hydroxyl groups is 1. The second kappa shape index (κ2) is 4.69. The Kier molecular flexibility index (Phi) is 3.04. The summed E-state index contributed by atoms with van der Waals surface area (Å²) in [7, 11) is 0. The van der Waals surface area contributed by atoms with Crippen molar-refractivity contribution < 1.29 is 9.90 Å². The molecule has 1 saturated heterocycles. The Hall–Kier alpha value is -1.42. The summed E-state index contributed by atoms with van der Waals surface area (Å²) < 4.78 is 0. The molecule has 96 valence electrons. The van der Waals surface area contributed by atoms with Gasteiger partial charge >= 0.3 is 0 Å². The van der Waals surface area contributed by atoms with Crippen LogP contribution >= 0.6 is 0 Å². The van der Waals surface area contributed by atoms with E-state index in [2.05, 4.69) is 9.88 Å². The lowest BCUT2D eigenvalue weighted by Crippen LogP contribution is -2.29. The smallest absolute Gasteiger partial charge is 0.195 e. The topological polar surface area (TPSA) is 53.4 Å². The minimum absolute atomic E-state index is 0.0509. The van der Waals surface area contributed by atoms with Gasteiger partial charge in [0.25, 0.3) is 0 Å². The number of hydrogen-bond donors (Lipinski definition) is 1. The Bertz CT molecular complexity index is 432. The van der Waals surface area contributed by atoms with Crippen LogP contribution in [0.15, 0.2) is 18.3 Å². The molecule has 1 aromatic heterocycles. The van der Waals surface area contributed by atoms with Crippen LogP contribution in [0.4, 0.5) is 0 Å². The lowest BCUT2D eigenvalue weighted by atomic mass is 10.0. The highest BCUT2D eigenvalue weighted by Crippen LogP contribution is 2.37. The predicted octanol–water partition coefficient (Wildman–Crippen LogP) is 1.70. The van der Waals surface area contributed by atoms with Gasteiger partial charge in [0.1, 0.15) is 11.4 Å². The van der Waals surface area contributed by atoms with E-state index < -0.39 is 0 Å². The summed E-state index contributed by atoms with van der Waals surface area (Å²) in [5, 5.41) is 9.15. The molecule has 2 heterocycles. The third-order valence-electron chi connectivity index (χ3n) is 4.20. The van der Waals surface area contributed by atoms with E-state index >= 15 is 0 Å². The van der Waals surface area contributed by atoms with Crippen molar-refractivity contribution in [3.63, 3.8) is 0 Å². The number of rotatable bonds is 3. The third-order valence-corrected chi connectivity index (χ3v) is 4.20. The highest BCUT2D eigenvalue weighted by atomic mass is 16.3. The highest BCUT2D eigenvalue weighted by molar-refractivity contribution is 5.95. The van der Waals surface area contributed by atoms with Gasteiger partial charge in [0.15, 0.2) is 5.78 Å². The van der Waals surface area contributed by atoms with Gasteiger partial charge in [-0.2, -0.15) is 0 Å². The number of hydrogen-bond acceptors (Lipinski definition) is 4. The lowest BCUT2D eigenvalue weighted by molar-refractivity contribution is 0.0936. The molecular weight excluding hydrogens is 228 g/mol. The molecule has 18 heavy (non-hydrogen) atoms. The zero-order chi connectivity index (χ0) is 12.5. The molecule has 3 rings (SSSR count). The molecular formula is C14H18N2O2. The average molecular weight is 246 g/mol. The minimum atomic E-state index is 0.0509. The number of fused-ring (bicyclic) bond motifs is 1. The fourth-order valence-corrected chi connectivity index (χ4v) is 3.30. The van der Waals surface area contributed by atoms with E-state index in [-0.39, 0.29) is 11.5 Å². The van der Waals surface area contributed by atoms with Crippen LogP contribution < -0.4 is 0 Å². The number of nitrogens with zero attached hydrogens (tertiary/aromatic N) is 2. The molecule has 0 spiro atoms. The van der Waals surface area contributed by atoms with Gasteiger partial charge in [-0.05, 0) is 36.8 Å². The fraction of sp³-hybridized carbons (Fsp3) is 0.571. The number of aromatic nitrogens is 1. The average Bonchev–Trinajstić information content (AvgIpc) is 2.90. The molecule has 1 aromatic rings. The SMILES string of the molecule is O=C(CN1C[C@H]2CCC[C@H]2C1)c1ccc(O)cn1. The predicted molar refractivity (Wildman–Crippen MR) is 67.5 cm³/mol. The molecule has 1 aliphatic carbocycles. The van der Waals surface area contributed by atoms with E-state index in [9.17, 15) is 4.79 Å². The molecule has 4 nitrogen and oxygen atoms in total. The maximum atomic E-state index is 12.0. The van der Waals surface area contributed by atoms with E-state index in [0.717, 1.165) is 24.9 Å². The van der Waals surface area contributed by atoms with E-state index in [0.29, 0.717) is 12.2 Å². The molecule has 0 unspecified atom stereocenters. The maximum absolute atomic E-state index is 12.0. The molecule has 4 heteroatoms. The Morgan fingerprint density at radius 2 is 2.06 bits per heavy atom. The van der Waals surface area contributed by atoms with Crippen molar-refractivity contribution in [1.82, 2.24) is 9.88 Å². The number of carbonyl (C=O) groups is 1. The first-order chi connectivity index (χ1) is 8.72. The van der Waals surface area contributed by atoms with Crippen molar-refractivity contribution >= 4 is 5.78 Å². The minimum Gasteiger partial charge on any atom is -0.506 e. The summed E-state index contributed by atoms with van der Waals surface area (Å²) in [6.45, 7) is 2.59. The number of ketones is 1. The molecule has 2 fully saturated rings. The molecule has 1 aliphatic heterocycles. The van der Waals surface area contributed by atoms with Gasteiger partial charge in [0.2, 0.25) is 0 Å². The molecule has 2 atom stereocenters. The molecule has 0 radical (unpaired) electrons. The van der Waals surface area contributed by atoms with Crippen LogP contribution in [-0.2, 0) is 0 Å². The molecule has 1 N–H and O–H groups in total. The summed E-state index contributed by atoms with van der Waals surface area (Å²) in [6, 6.07) is 3.10. The van der Waals surface area contributed by atoms with Gasteiger partial charge in [-0.1, -0.05) is 6.42 Å². The maximum Gasteiger partial charge on any atom is 0.195 e. The van der Waals surface area contributed by atoms with Crippen molar-refractivity contribution in [3.8, 4) is 5.75 Å². The zero-order valence-corrected chi connectivity index (χ0v) is 10.4. The van der Waals surface area contributed by atoms with Crippen LogP contribution in [0.3, 0.4) is 0 Å². The Morgan fingerprint density at radius 3 is 2.67 bits per heavy atom. The Labute approximate surface area is 107 Å². The van der Waals surface area contributed by atoms with E-state index in [4.69, 9.17) is 5.11 Å². The van der Waals surface area contributed by atoms with Crippen LogP contribution in [0.2, 0.25) is 0 Å². The van der Waals surface area contributed by atoms with Gasteiger partial charge in [0, 0.05) is 13.1 Å². The third kappa shape index (κ3) is 2.25. The van der Waals surface area contributed by atoms with Crippen molar-refractivity contribution in [2.24, 2.45) is 11.8 Å². The van der Waals surface area contributed by atoms with Gasteiger partial charge in [-0.15, -0.1) is 0 Å². The fourth-order valence-electron chi connectivity index (χ4n) is 3.30. The summed E-state index contributed by atoms with van der Waals surface area (Å²) in [6.07, 6.45) is 5.34. The van der Waals surface area contributed by atoms with Crippen LogP contribution in [0.25, 0.3) is 0 Å². The normalized spacial score (nSPS) is 27.3. The van der Waals surface area contributed by atoms with Gasteiger partial charge in [-0.25, -0.2) is 4.98 Å². The molecule has 0 amide bonds. The van der Waals surface area contributed by atoms with Crippen LogP contribution in [0.1, 0.15) is 29.8 Å². The van der Waals surface area contributed by atoms with Crippen molar-refractivity contribution in [3.05, 3.63) is 24.0 Å². The first-order valence-corrected chi connectivity index (χ1v) is 6.63. The Morgan fingerprint density at radius 1 is 1.33 bits per heavy atom. The molecule has 2 aliphatic rings. The number of pyridine rings is 1. The largest absolute Gasteiger partial charge is 0.506 e. The monoisotopic (exact) mass is 246 g/mol. The van der Waals surface area contributed by atoms with E-state index in [1.165, 1.54) is 31.5 Å². The summed E-state index contributed by atoms with van der Waals surface area (Å²) in [5.74, 6) is 1.77. The number of carbonyl (C=O) groups excluding carboxylic acids is 1. The molecule has 0 bridgehead atoms. The van der Waals surface area contributed by atoms with Crippen LogP contribution in [-0.4, -0.2) is 40.4 Å². The van der Waals surface area contributed by atoms with E-state index in [1.54, 1.807) is 6.07 Å². The van der Waals surface area contributed by atoms with Crippen molar-refractivity contribution in [2.75, 3.05) is 19.6 Å². The quantitative estimate of drug-likeness (QED) is 0.825.